The van der Waals surface area contributed by atoms with Gasteiger partial charge in [-0.2, -0.15) is 0 Å². The van der Waals surface area contributed by atoms with E-state index in [2.05, 4.69) is 159 Å². The van der Waals surface area contributed by atoms with Crippen molar-refractivity contribution in [3.05, 3.63) is 191 Å². The van der Waals surface area contributed by atoms with Crippen molar-refractivity contribution in [2.45, 2.75) is 90.9 Å². The van der Waals surface area contributed by atoms with Gasteiger partial charge in [0.05, 0.1) is 36.0 Å². The standard InChI is InChI=1S/C57H59O4/c1-3-5-16-38-58-48-34-30-43(31-35-48)53-41-55(45-32-36-49(37-33-45)59-39-17-6-4-2)61-57-47(27-19-29-51(53)57)25-15-9-14-24-46-26-18-28-50-52(42-20-10-7-11-21-42)40-54(60-56(46)50)44-22-12-8-13-23-44/h7-15,20-25,30-37,40-41H,3-6,16-19,26-29,38-39H2,1-2H3/q+1. The van der Waals surface area contributed by atoms with Crippen LogP contribution in [-0.2, 0) is 11.2 Å². The number of hydrogen-bond acceptors (Lipinski definition) is 3. The Labute approximate surface area is 363 Å². The monoisotopic (exact) mass is 807 g/mol. The average Bonchev–Trinajstić information content (AvgIpc) is 3.32. The summed E-state index contributed by atoms with van der Waals surface area (Å²) in [6.45, 7) is 5.92. The zero-order valence-corrected chi connectivity index (χ0v) is 36.0. The number of unbranched alkanes of at least 4 members (excludes halogenated alkanes) is 4. The molecule has 0 atom stereocenters. The summed E-state index contributed by atoms with van der Waals surface area (Å²) in [7, 11) is 0. The topological polar surface area (TPSA) is 39.0 Å². The first kappa shape index (κ1) is 41.6. The van der Waals surface area contributed by atoms with Gasteiger partial charge in [0, 0.05) is 16.7 Å². The van der Waals surface area contributed by atoms with Crippen molar-refractivity contribution in [1.29, 1.82) is 0 Å². The number of ether oxygens (including phenoxy) is 3. The molecule has 8 rings (SSSR count). The molecule has 0 amide bonds. The number of hydrogen-bond donors (Lipinski definition) is 0. The Kier molecular flexibility index (Phi) is 14.3. The van der Waals surface area contributed by atoms with Gasteiger partial charge < -0.3 is 14.2 Å². The van der Waals surface area contributed by atoms with Gasteiger partial charge in [0.25, 0.3) is 0 Å². The predicted octanol–water partition coefficient (Wildman–Crippen LogP) is 15.8. The van der Waals surface area contributed by atoms with E-state index in [0.29, 0.717) is 0 Å². The molecule has 0 saturated carbocycles. The van der Waals surface area contributed by atoms with Crippen LogP contribution in [0.15, 0.2) is 173 Å². The van der Waals surface area contributed by atoms with Gasteiger partial charge in [-0.15, -0.1) is 0 Å². The molecule has 4 heteroatoms. The van der Waals surface area contributed by atoms with Crippen LogP contribution < -0.4 is 9.47 Å². The van der Waals surface area contributed by atoms with Gasteiger partial charge in [-0.05, 0) is 134 Å². The van der Waals surface area contributed by atoms with E-state index in [1.807, 2.05) is 6.07 Å². The van der Waals surface area contributed by atoms with Crippen molar-refractivity contribution >= 4 is 16.9 Å². The largest absolute Gasteiger partial charge is 0.494 e. The molecule has 0 bridgehead atoms. The summed E-state index contributed by atoms with van der Waals surface area (Å²) < 4.78 is 25.8. The summed E-state index contributed by atoms with van der Waals surface area (Å²) >= 11 is 0. The Morgan fingerprint density at radius 1 is 0.607 bits per heavy atom. The fraction of sp³-hybridized carbons (Fsp3) is 0.281. The highest BCUT2D eigenvalue weighted by Crippen LogP contribution is 2.44. The number of fused-ring (bicyclic) bond motifs is 2. The summed E-state index contributed by atoms with van der Waals surface area (Å²) in [6, 6.07) is 40.4. The van der Waals surface area contributed by atoms with Crippen LogP contribution in [0.2, 0.25) is 0 Å². The summed E-state index contributed by atoms with van der Waals surface area (Å²) in [5.74, 6) is 5.53. The lowest BCUT2D eigenvalue weighted by atomic mass is 9.85. The van der Waals surface area contributed by atoms with Gasteiger partial charge in [-0.25, -0.2) is 4.42 Å². The second-order valence-corrected chi connectivity index (χ2v) is 16.2. The van der Waals surface area contributed by atoms with Gasteiger partial charge in [-0.1, -0.05) is 124 Å². The second kappa shape index (κ2) is 20.9. The molecule has 5 aromatic rings. The van der Waals surface area contributed by atoms with E-state index in [1.165, 1.54) is 70.2 Å². The Balaban J connectivity index is 1.08. The summed E-state index contributed by atoms with van der Waals surface area (Å²) in [6.07, 6.45) is 26.1. The molecular weight excluding hydrogens is 749 g/mol. The molecule has 0 fully saturated rings. The van der Waals surface area contributed by atoms with Crippen LogP contribution >= 0.6 is 0 Å². The third-order valence-electron chi connectivity index (χ3n) is 11.8. The maximum atomic E-state index is 6.90. The highest BCUT2D eigenvalue weighted by Gasteiger charge is 2.31. The van der Waals surface area contributed by atoms with Gasteiger partial charge in [0.15, 0.2) is 0 Å². The van der Waals surface area contributed by atoms with Gasteiger partial charge >= 0.3 is 11.5 Å². The van der Waals surface area contributed by atoms with Crippen molar-refractivity contribution in [1.82, 2.24) is 0 Å². The molecule has 2 aliphatic carbocycles. The van der Waals surface area contributed by atoms with E-state index in [0.717, 1.165) is 110 Å². The van der Waals surface area contributed by atoms with Crippen molar-refractivity contribution in [3.8, 4) is 33.9 Å². The van der Waals surface area contributed by atoms with E-state index < -0.39 is 0 Å². The number of benzene rings is 4. The van der Waals surface area contributed by atoms with Gasteiger partial charge in [0.1, 0.15) is 23.0 Å². The SMILES string of the molecule is CCCCCOc1ccc(C2=CC(c3ccc(OCCCCC)cc3)=C3CCCC(C=C/C=C/C=C4CCCc5c(-c6ccccc6)cc(-c6ccccc6)[o+]c54)=C3O2)cc1. The molecule has 4 nitrogen and oxygen atoms in total. The molecular formula is C57H59O4+. The third-order valence-corrected chi connectivity index (χ3v) is 11.8. The highest BCUT2D eigenvalue weighted by atomic mass is 16.5. The minimum absolute atomic E-state index is 0.738. The van der Waals surface area contributed by atoms with Crippen LogP contribution in [-0.4, -0.2) is 13.2 Å². The van der Waals surface area contributed by atoms with Crippen LogP contribution in [0.5, 0.6) is 11.5 Å². The summed E-state index contributed by atoms with van der Waals surface area (Å²) in [5.41, 5.74) is 12.0. The first-order valence-corrected chi connectivity index (χ1v) is 22.7. The van der Waals surface area contributed by atoms with Crippen LogP contribution in [0.3, 0.4) is 0 Å². The van der Waals surface area contributed by atoms with Crippen molar-refractivity contribution in [3.63, 3.8) is 0 Å². The number of rotatable bonds is 17. The lowest BCUT2D eigenvalue weighted by Crippen LogP contribution is -2.11. The Morgan fingerprint density at radius 2 is 1.25 bits per heavy atom. The normalized spacial score (nSPS) is 15.8. The van der Waals surface area contributed by atoms with Crippen molar-refractivity contribution < 1.29 is 18.6 Å². The Bertz CT molecular complexity index is 2430. The molecule has 2 heterocycles. The van der Waals surface area contributed by atoms with Crippen molar-refractivity contribution in [2.75, 3.05) is 13.2 Å². The van der Waals surface area contributed by atoms with Crippen LogP contribution in [0.25, 0.3) is 39.4 Å². The molecule has 0 radical (unpaired) electrons. The van der Waals surface area contributed by atoms with Gasteiger partial charge in [0.2, 0.25) is 0 Å². The average molecular weight is 808 g/mol. The molecule has 1 aromatic heterocycles. The highest BCUT2D eigenvalue weighted by molar-refractivity contribution is 5.89. The quantitative estimate of drug-likeness (QED) is 0.0533. The van der Waals surface area contributed by atoms with Crippen LogP contribution in [0.4, 0.5) is 0 Å². The van der Waals surface area contributed by atoms with E-state index in [-0.39, 0.29) is 0 Å². The zero-order chi connectivity index (χ0) is 41.6. The minimum Gasteiger partial charge on any atom is -0.494 e. The second-order valence-electron chi connectivity index (χ2n) is 16.2. The van der Waals surface area contributed by atoms with E-state index >= 15 is 0 Å². The van der Waals surface area contributed by atoms with E-state index in [4.69, 9.17) is 18.6 Å². The van der Waals surface area contributed by atoms with Crippen LogP contribution in [0.1, 0.15) is 107 Å². The van der Waals surface area contributed by atoms with E-state index in [9.17, 15) is 0 Å². The van der Waals surface area contributed by atoms with E-state index in [1.54, 1.807) is 0 Å². The smallest absolute Gasteiger partial charge is 0.361 e. The van der Waals surface area contributed by atoms with Gasteiger partial charge in [-0.3, -0.25) is 0 Å². The van der Waals surface area contributed by atoms with Crippen molar-refractivity contribution in [2.24, 2.45) is 0 Å². The fourth-order valence-corrected chi connectivity index (χ4v) is 8.51. The molecule has 0 saturated heterocycles. The molecule has 310 valence electrons. The lowest BCUT2D eigenvalue weighted by molar-refractivity contribution is 0.306. The minimum atomic E-state index is 0.738. The Hall–Kier alpha value is -6.13. The maximum absolute atomic E-state index is 6.90. The maximum Gasteiger partial charge on any atom is 0.361 e. The molecule has 0 N–H and O–H groups in total. The predicted molar refractivity (Wildman–Crippen MR) is 253 cm³/mol. The molecule has 3 aliphatic rings. The molecule has 1 aliphatic heterocycles. The first-order valence-electron chi connectivity index (χ1n) is 22.7. The fourth-order valence-electron chi connectivity index (χ4n) is 8.51. The molecule has 61 heavy (non-hydrogen) atoms. The molecule has 0 spiro atoms. The summed E-state index contributed by atoms with van der Waals surface area (Å²) in [4.78, 5) is 0. The van der Waals surface area contributed by atoms with Crippen LogP contribution in [0, 0.1) is 0 Å². The first-order chi connectivity index (χ1) is 30.2. The molecule has 0 unspecified atom stereocenters. The third kappa shape index (κ3) is 10.4. The lowest BCUT2D eigenvalue weighted by Gasteiger charge is -2.29. The Morgan fingerprint density at radius 3 is 1.92 bits per heavy atom. The number of allylic oxidation sites excluding steroid dienone is 10. The molecule has 4 aromatic carbocycles. The zero-order valence-electron chi connectivity index (χ0n) is 36.0. The summed E-state index contributed by atoms with van der Waals surface area (Å²) in [5, 5.41) is 0.